The fourth-order valence-corrected chi connectivity index (χ4v) is 1.28. The summed E-state index contributed by atoms with van der Waals surface area (Å²) >= 11 is 4.61. The molecule has 0 spiro atoms. The lowest BCUT2D eigenvalue weighted by Crippen LogP contribution is -2.24. The molecule has 0 unspecified atom stereocenters. The topological polar surface area (TPSA) is 59.6 Å². The Balaban J connectivity index is 2.75. The molecule has 0 aliphatic rings. The van der Waals surface area contributed by atoms with Crippen LogP contribution in [0.1, 0.15) is 25.3 Å². The predicted octanol–water partition coefficient (Wildman–Crippen LogP) is 2.17. The summed E-state index contributed by atoms with van der Waals surface area (Å²) in [5.41, 5.74) is 8.33. The van der Waals surface area contributed by atoms with Crippen molar-refractivity contribution in [3.05, 3.63) is 29.6 Å². The van der Waals surface area contributed by atoms with E-state index < -0.39 is 0 Å². The summed E-state index contributed by atoms with van der Waals surface area (Å²) in [6.45, 7) is 2.60. The molecule has 4 nitrogen and oxygen atoms in total. The Bertz CT molecular complexity index is 437. The van der Waals surface area contributed by atoms with E-state index in [0.29, 0.717) is 17.9 Å². The van der Waals surface area contributed by atoms with Gasteiger partial charge < -0.3 is 10.5 Å². The maximum atomic E-state index is 13.1. The Hall–Kier alpha value is -1.69. The van der Waals surface area contributed by atoms with Gasteiger partial charge in [0.2, 0.25) is 0 Å². The van der Waals surface area contributed by atoms with Gasteiger partial charge in [-0.2, -0.15) is 5.10 Å². The van der Waals surface area contributed by atoms with E-state index >= 15 is 0 Å². The molecule has 0 aliphatic heterocycles. The lowest BCUT2D eigenvalue weighted by molar-refractivity contribution is 0.307. The number of hydrazone groups is 1. The van der Waals surface area contributed by atoms with Crippen LogP contribution in [-0.4, -0.2) is 17.9 Å². The van der Waals surface area contributed by atoms with E-state index in [9.17, 15) is 4.39 Å². The average molecular weight is 269 g/mol. The van der Waals surface area contributed by atoms with Gasteiger partial charge in [-0.05, 0) is 30.8 Å². The molecule has 0 radical (unpaired) electrons. The van der Waals surface area contributed by atoms with Crippen LogP contribution in [0.4, 0.5) is 4.39 Å². The zero-order valence-electron chi connectivity index (χ0n) is 10.1. The molecule has 3 N–H and O–H groups in total. The highest BCUT2D eigenvalue weighted by molar-refractivity contribution is 7.80. The highest BCUT2D eigenvalue weighted by atomic mass is 32.1. The summed E-state index contributed by atoms with van der Waals surface area (Å²) in [7, 11) is 0. The molecule has 0 amide bonds. The van der Waals surface area contributed by atoms with Gasteiger partial charge in [0.05, 0.1) is 12.8 Å². The molecule has 0 heterocycles. The number of ether oxygens (including phenoxy) is 1. The fourth-order valence-electron chi connectivity index (χ4n) is 1.23. The first-order chi connectivity index (χ1) is 8.63. The molecule has 0 aliphatic carbocycles. The second kappa shape index (κ2) is 7.60. The minimum Gasteiger partial charge on any atom is -0.493 e. The standard InChI is InChI=1S/C12H16FN3OS/c1-2-3-6-17-11-7-10(13)5-4-9(11)8-15-16-12(14)18/h4-5,7-8H,2-3,6H2,1H3,(H3,14,16,18). The van der Waals surface area contributed by atoms with Crippen molar-refractivity contribution >= 4 is 23.5 Å². The number of nitrogens with two attached hydrogens (primary N) is 1. The van der Waals surface area contributed by atoms with Crippen LogP contribution in [0.3, 0.4) is 0 Å². The van der Waals surface area contributed by atoms with Crippen molar-refractivity contribution < 1.29 is 9.13 Å². The second-order valence-electron chi connectivity index (χ2n) is 3.62. The fraction of sp³-hybridized carbons (Fsp3) is 0.333. The van der Waals surface area contributed by atoms with Gasteiger partial charge in [-0.25, -0.2) is 4.39 Å². The largest absolute Gasteiger partial charge is 0.493 e. The Morgan fingerprint density at radius 3 is 3.06 bits per heavy atom. The van der Waals surface area contributed by atoms with Gasteiger partial charge in [-0.1, -0.05) is 13.3 Å². The molecule has 0 fully saturated rings. The lowest BCUT2D eigenvalue weighted by Gasteiger charge is -2.08. The van der Waals surface area contributed by atoms with E-state index in [4.69, 9.17) is 10.5 Å². The first-order valence-corrected chi connectivity index (χ1v) is 6.05. The Morgan fingerprint density at radius 2 is 2.39 bits per heavy atom. The molecule has 0 bridgehead atoms. The van der Waals surface area contributed by atoms with Crippen LogP contribution >= 0.6 is 12.2 Å². The second-order valence-corrected chi connectivity index (χ2v) is 4.06. The van der Waals surface area contributed by atoms with E-state index in [-0.39, 0.29) is 10.9 Å². The molecule has 6 heteroatoms. The third-order valence-electron chi connectivity index (χ3n) is 2.11. The zero-order chi connectivity index (χ0) is 13.4. The molecule has 1 aromatic carbocycles. The van der Waals surface area contributed by atoms with Gasteiger partial charge in [0.25, 0.3) is 0 Å². The van der Waals surface area contributed by atoms with Crippen LogP contribution in [0.2, 0.25) is 0 Å². The van der Waals surface area contributed by atoms with Crippen LogP contribution in [0.15, 0.2) is 23.3 Å². The molecular formula is C12H16FN3OS. The van der Waals surface area contributed by atoms with E-state index in [1.54, 1.807) is 6.07 Å². The summed E-state index contributed by atoms with van der Waals surface area (Å²) in [6.07, 6.45) is 3.42. The third-order valence-corrected chi connectivity index (χ3v) is 2.20. The Labute approximate surface area is 111 Å². The number of nitrogens with zero attached hydrogens (tertiary/aromatic N) is 1. The van der Waals surface area contributed by atoms with E-state index in [0.717, 1.165) is 12.8 Å². The van der Waals surface area contributed by atoms with Crippen molar-refractivity contribution in [2.45, 2.75) is 19.8 Å². The SMILES string of the molecule is CCCCOc1cc(F)ccc1C=NNC(N)=S. The van der Waals surface area contributed by atoms with Crippen LogP contribution in [-0.2, 0) is 0 Å². The zero-order valence-corrected chi connectivity index (χ0v) is 11.0. The minimum absolute atomic E-state index is 0.0711. The Morgan fingerprint density at radius 1 is 1.61 bits per heavy atom. The molecule has 0 saturated heterocycles. The number of thiocarbonyl (C=S) groups is 1. The first kappa shape index (κ1) is 14.4. The minimum atomic E-state index is -0.346. The van der Waals surface area contributed by atoms with Crippen molar-refractivity contribution in [2.24, 2.45) is 10.8 Å². The maximum Gasteiger partial charge on any atom is 0.184 e. The van der Waals surface area contributed by atoms with Gasteiger partial charge in [-0.15, -0.1) is 0 Å². The first-order valence-electron chi connectivity index (χ1n) is 5.64. The number of rotatable bonds is 6. The van der Waals surface area contributed by atoms with Crippen LogP contribution < -0.4 is 15.9 Å². The predicted molar refractivity (Wildman–Crippen MR) is 74.3 cm³/mol. The van der Waals surface area contributed by atoms with Crippen LogP contribution in [0, 0.1) is 5.82 Å². The highest BCUT2D eigenvalue weighted by Crippen LogP contribution is 2.18. The van der Waals surface area contributed by atoms with Gasteiger partial charge in [0.1, 0.15) is 11.6 Å². The van der Waals surface area contributed by atoms with Crippen molar-refractivity contribution in [1.29, 1.82) is 0 Å². The van der Waals surface area contributed by atoms with Crippen LogP contribution in [0.25, 0.3) is 0 Å². The highest BCUT2D eigenvalue weighted by Gasteiger charge is 2.03. The molecule has 98 valence electrons. The normalized spacial score (nSPS) is 10.6. The molecule has 1 rings (SSSR count). The third kappa shape index (κ3) is 5.09. The summed E-state index contributed by atoms with van der Waals surface area (Å²) in [5, 5.41) is 3.89. The molecule has 0 aromatic heterocycles. The molecular weight excluding hydrogens is 253 g/mol. The number of hydrogen-bond acceptors (Lipinski definition) is 3. The van der Waals surface area contributed by atoms with Crippen molar-refractivity contribution in [2.75, 3.05) is 6.61 Å². The quantitative estimate of drug-likeness (QED) is 0.360. The molecule has 1 aromatic rings. The molecule has 0 saturated carbocycles. The van der Waals surface area contributed by atoms with Gasteiger partial charge in [-0.3, -0.25) is 5.43 Å². The smallest absolute Gasteiger partial charge is 0.184 e. The lowest BCUT2D eigenvalue weighted by atomic mass is 10.2. The molecule has 0 atom stereocenters. The van der Waals surface area contributed by atoms with Gasteiger partial charge in [0, 0.05) is 11.6 Å². The summed E-state index contributed by atoms with van der Waals surface area (Å²) in [6, 6.07) is 4.26. The van der Waals surface area contributed by atoms with E-state index in [1.807, 2.05) is 0 Å². The van der Waals surface area contributed by atoms with E-state index in [1.165, 1.54) is 18.3 Å². The van der Waals surface area contributed by atoms with Crippen molar-refractivity contribution in [3.8, 4) is 5.75 Å². The van der Waals surface area contributed by atoms with Gasteiger partial charge in [0.15, 0.2) is 5.11 Å². The Kier molecular flexibility index (Phi) is 6.07. The van der Waals surface area contributed by atoms with Gasteiger partial charge >= 0.3 is 0 Å². The molecule has 18 heavy (non-hydrogen) atoms. The number of hydrogen-bond donors (Lipinski definition) is 2. The number of benzene rings is 1. The number of halogens is 1. The average Bonchev–Trinajstić information content (AvgIpc) is 2.32. The summed E-state index contributed by atoms with van der Waals surface area (Å²) in [4.78, 5) is 0. The monoisotopic (exact) mass is 269 g/mol. The van der Waals surface area contributed by atoms with E-state index in [2.05, 4.69) is 29.7 Å². The summed E-state index contributed by atoms with van der Waals surface area (Å²) < 4.78 is 18.6. The van der Waals surface area contributed by atoms with Crippen molar-refractivity contribution in [1.82, 2.24) is 5.43 Å². The number of unbranched alkanes of at least 4 members (excludes halogenated alkanes) is 1. The van der Waals surface area contributed by atoms with Crippen LogP contribution in [0.5, 0.6) is 5.75 Å². The maximum absolute atomic E-state index is 13.1. The summed E-state index contributed by atoms with van der Waals surface area (Å²) in [5.74, 6) is 0.109. The van der Waals surface area contributed by atoms with Crippen molar-refractivity contribution in [3.63, 3.8) is 0 Å². The number of nitrogens with one attached hydrogen (secondary N) is 1.